The minimum absolute atomic E-state index is 0.323. The monoisotopic (exact) mass is 147 g/mol. The number of nitrogens with one attached hydrogen (secondary N) is 1. The van der Waals surface area contributed by atoms with E-state index in [0.717, 1.165) is 17.7 Å². The molecular formula is C9H9NO. The molecule has 11 heavy (non-hydrogen) atoms. The molecule has 0 unspecified atom stereocenters. The second-order valence-corrected chi connectivity index (χ2v) is 2.66. The van der Waals surface area contributed by atoms with Crippen LogP contribution in [0, 0.1) is 0 Å². The van der Waals surface area contributed by atoms with Gasteiger partial charge in [0.25, 0.3) is 0 Å². The first-order chi connectivity index (χ1) is 5.34. The highest BCUT2D eigenvalue weighted by atomic mass is 16.3. The maximum atomic E-state index is 9.21. The summed E-state index contributed by atoms with van der Waals surface area (Å²) in [6.07, 6.45) is 10.1. The number of hydrogen-bond donors (Lipinski definition) is 2. The molecule has 0 aromatic heterocycles. The van der Waals surface area contributed by atoms with Crippen molar-refractivity contribution in [3.05, 3.63) is 47.5 Å². The Balaban J connectivity index is 2.46. The van der Waals surface area contributed by atoms with E-state index in [4.69, 9.17) is 0 Å². The Morgan fingerprint density at radius 1 is 1.36 bits per heavy atom. The number of aliphatic hydroxyl groups excluding tert-OH is 1. The third-order valence-electron chi connectivity index (χ3n) is 1.75. The smallest absolute Gasteiger partial charge is 0.115 e. The fourth-order valence-electron chi connectivity index (χ4n) is 1.22. The second-order valence-electron chi connectivity index (χ2n) is 2.66. The molecule has 2 nitrogen and oxygen atoms in total. The average Bonchev–Trinajstić information content (AvgIpc) is 2.12. The summed E-state index contributed by atoms with van der Waals surface area (Å²) in [6, 6.07) is 0. The van der Waals surface area contributed by atoms with Crippen LogP contribution in [0.25, 0.3) is 0 Å². The summed E-state index contributed by atoms with van der Waals surface area (Å²) in [4.78, 5) is 0. The zero-order chi connectivity index (χ0) is 7.68. The number of hydrogen-bond acceptors (Lipinski definition) is 2. The second kappa shape index (κ2) is 2.31. The highest BCUT2D eigenvalue weighted by molar-refractivity contribution is 5.39. The van der Waals surface area contributed by atoms with E-state index in [0.29, 0.717) is 5.76 Å². The molecule has 2 rings (SSSR count). The third kappa shape index (κ3) is 1.19. The number of fused-ring (bicyclic) bond motifs is 2. The van der Waals surface area contributed by atoms with Crippen molar-refractivity contribution in [3.63, 3.8) is 0 Å². The molecule has 0 aromatic rings. The van der Waals surface area contributed by atoms with Gasteiger partial charge in [0.2, 0.25) is 0 Å². The van der Waals surface area contributed by atoms with Crippen LogP contribution in [-0.4, -0.2) is 5.11 Å². The summed E-state index contributed by atoms with van der Waals surface area (Å²) in [7, 11) is 0. The minimum atomic E-state index is 0.323. The lowest BCUT2D eigenvalue weighted by Crippen LogP contribution is -2.08. The fourth-order valence-corrected chi connectivity index (χ4v) is 1.22. The van der Waals surface area contributed by atoms with Gasteiger partial charge in [-0.25, -0.2) is 0 Å². The van der Waals surface area contributed by atoms with E-state index in [9.17, 15) is 5.11 Å². The highest BCUT2D eigenvalue weighted by Crippen LogP contribution is 2.19. The Morgan fingerprint density at radius 2 is 2.27 bits per heavy atom. The van der Waals surface area contributed by atoms with Gasteiger partial charge in [0.15, 0.2) is 0 Å². The van der Waals surface area contributed by atoms with Gasteiger partial charge in [-0.3, -0.25) is 0 Å². The van der Waals surface area contributed by atoms with E-state index in [-0.39, 0.29) is 0 Å². The van der Waals surface area contributed by atoms with Crippen molar-refractivity contribution in [2.24, 2.45) is 0 Å². The third-order valence-corrected chi connectivity index (χ3v) is 1.75. The first-order valence-corrected chi connectivity index (χ1v) is 3.58. The van der Waals surface area contributed by atoms with Crippen LogP contribution in [0.3, 0.4) is 0 Å². The van der Waals surface area contributed by atoms with Crippen LogP contribution >= 0.6 is 0 Å². The van der Waals surface area contributed by atoms with Gasteiger partial charge in [0, 0.05) is 18.3 Å². The molecule has 0 amide bonds. The molecule has 0 atom stereocenters. The zero-order valence-corrected chi connectivity index (χ0v) is 6.04. The lowest BCUT2D eigenvalue weighted by atomic mass is 10.1. The molecule has 2 bridgehead atoms. The summed E-state index contributed by atoms with van der Waals surface area (Å²) in [5, 5.41) is 12.3. The quantitative estimate of drug-likeness (QED) is 0.547. The molecule has 2 N–H and O–H groups in total. The van der Waals surface area contributed by atoms with Crippen LogP contribution in [-0.2, 0) is 0 Å². The van der Waals surface area contributed by atoms with Gasteiger partial charge in [-0.1, -0.05) is 0 Å². The van der Waals surface area contributed by atoms with Crippen molar-refractivity contribution < 1.29 is 5.11 Å². The predicted molar refractivity (Wildman–Crippen MR) is 43.8 cm³/mol. The first-order valence-electron chi connectivity index (χ1n) is 3.58. The summed E-state index contributed by atoms with van der Waals surface area (Å²) in [5.74, 6) is 0.323. The summed E-state index contributed by atoms with van der Waals surface area (Å²) < 4.78 is 0. The molecule has 0 spiro atoms. The Kier molecular flexibility index (Phi) is 1.32. The van der Waals surface area contributed by atoms with E-state index in [1.165, 1.54) is 0 Å². The van der Waals surface area contributed by atoms with E-state index in [2.05, 4.69) is 5.32 Å². The average molecular weight is 147 g/mol. The minimum Gasteiger partial charge on any atom is -0.508 e. The molecular weight excluding hydrogens is 138 g/mol. The summed E-state index contributed by atoms with van der Waals surface area (Å²) >= 11 is 0. The molecule has 2 aliphatic rings. The van der Waals surface area contributed by atoms with Gasteiger partial charge in [-0.15, -0.1) is 0 Å². The fraction of sp³-hybridized carbons (Fsp3) is 0.111. The molecule has 0 aromatic carbocycles. The normalized spacial score (nSPS) is 20.9. The maximum absolute atomic E-state index is 9.21. The lowest BCUT2D eigenvalue weighted by Gasteiger charge is -2.11. The van der Waals surface area contributed by atoms with E-state index < -0.39 is 0 Å². The topological polar surface area (TPSA) is 32.3 Å². The van der Waals surface area contributed by atoms with Crippen molar-refractivity contribution in [2.75, 3.05) is 0 Å². The van der Waals surface area contributed by atoms with Crippen LogP contribution < -0.4 is 5.32 Å². The molecule has 0 saturated heterocycles. The number of allylic oxidation sites excluding steroid dienone is 5. The number of rotatable bonds is 0. The maximum Gasteiger partial charge on any atom is 0.115 e. The van der Waals surface area contributed by atoms with E-state index >= 15 is 0 Å². The molecule has 0 radical (unpaired) electrons. The van der Waals surface area contributed by atoms with E-state index in [1.54, 1.807) is 12.2 Å². The van der Waals surface area contributed by atoms with Gasteiger partial charge < -0.3 is 10.4 Å². The van der Waals surface area contributed by atoms with Crippen LogP contribution in [0.1, 0.15) is 6.42 Å². The molecule has 1 heterocycles. The SMILES string of the molecule is OC1=CC=C2CC(=C1)C=CN2. The van der Waals surface area contributed by atoms with Crippen molar-refractivity contribution in [1.29, 1.82) is 0 Å². The van der Waals surface area contributed by atoms with Crippen LogP contribution in [0.5, 0.6) is 0 Å². The molecule has 56 valence electrons. The van der Waals surface area contributed by atoms with Crippen molar-refractivity contribution in [3.8, 4) is 0 Å². The van der Waals surface area contributed by atoms with Gasteiger partial charge in [0.1, 0.15) is 5.76 Å². The van der Waals surface area contributed by atoms with Crippen LogP contribution in [0.2, 0.25) is 0 Å². The van der Waals surface area contributed by atoms with Crippen LogP contribution in [0.15, 0.2) is 47.5 Å². The molecule has 2 heteroatoms. The highest BCUT2D eigenvalue weighted by Gasteiger charge is 2.06. The number of aliphatic hydroxyl groups is 1. The standard InChI is InChI=1S/C9H9NO/c11-9-2-1-8-5-7(6-9)3-4-10-8/h1-4,6,10-11H,5H2. The zero-order valence-electron chi connectivity index (χ0n) is 6.04. The summed E-state index contributed by atoms with van der Waals surface area (Å²) in [6.45, 7) is 0. The molecule has 1 aliphatic carbocycles. The van der Waals surface area contributed by atoms with Gasteiger partial charge in [-0.05, 0) is 29.9 Å². The lowest BCUT2D eigenvalue weighted by molar-refractivity contribution is 0.432. The van der Waals surface area contributed by atoms with Gasteiger partial charge >= 0.3 is 0 Å². The van der Waals surface area contributed by atoms with Crippen LogP contribution in [0.4, 0.5) is 0 Å². The van der Waals surface area contributed by atoms with Crippen molar-refractivity contribution >= 4 is 0 Å². The Bertz CT molecular complexity index is 295. The van der Waals surface area contributed by atoms with Crippen molar-refractivity contribution in [1.82, 2.24) is 5.32 Å². The van der Waals surface area contributed by atoms with E-state index in [1.807, 2.05) is 18.4 Å². The largest absolute Gasteiger partial charge is 0.508 e. The Hall–Kier alpha value is -1.44. The molecule has 1 aliphatic heterocycles. The molecule has 0 saturated carbocycles. The van der Waals surface area contributed by atoms with Crippen molar-refractivity contribution in [2.45, 2.75) is 6.42 Å². The molecule has 0 fully saturated rings. The van der Waals surface area contributed by atoms with Gasteiger partial charge in [-0.2, -0.15) is 0 Å². The first kappa shape index (κ1) is 6.28. The predicted octanol–water partition coefficient (Wildman–Crippen LogP) is 1.76. The van der Waals surface area contributed by atoms with Gasteiger partial charge in [0.05, 0.1) is 0 Å². The summed E-state index contributed by atoms with van der Waals surface area (Å²) in [5.41, 5.74) is 2.27. The Labute approximate surface area is 65.2 Å². The Morgan fingerprint density at radius 3 is 3.18 bits per heavy atom.